The van der Waals surface area contributed by atoms with Gasteiger partial charge in [-0.05, 0) is 36.8 Å². The third kappa shape index (κ3) is 4.41. The smallest absolute Gasteiger partial charge is 0.244 e. The van der Waals surface area contributed by atoms with Gasteiger partial charge in [0, 0.05) is 18.9 Å². The molecule has 0 saturated carbocycles. The third-order valence-electron chi connectivity index (χ3n) is 4.30. The van der Waals surface area contributed by atoms with Crippen molar-refractivity contribution in [2.75, 3.05) is 16.7 Å². The SMILES string of the molecule is CCOc1ccc(N2C(=O)[C@@H](C)CS2(=O)=O)cc1S(=O)(=O)NCc1cccnc1. The highest BCUT2D eigenvalue weighted by Gasteiger charge is 2.42. The average Bonchev–Trinajstić information content (AvgIpc) is 2.88. The summed E-state index contributed by atoms with van der Waals surface area (Å²) >= 11 is 0. The lowest BCUT2D eigenvalue weighted by atomic mass is 10.2. The Hall–Kier alpha value is -2.50. The number of nitrogens with zero attached hydrogens (tertiary/aromatic N) is 2. The summed E-state index contributed by atoms with van der Waals surface area (Å²) < 4.78 is 59.1. The van der Waals surface area contributed by atoms with Crippen LogP contribution in [0.15, 0.2) is 47.6 Å². The number of aromatic nitrogens is 1. The van der Waals surface area contributed by atoms with Gasteiger partial charge in [0.25, 0.3) is 0 Å². The second-order valence-corrected chi connectivity index (χ2v) is 10.1. The minimum absolute atomic E-state index is 0.00998. The van der Waals surface area contributed by atoms with E-state index < -0.39 is 31.9 Å². The van der Waals surface area contributed by atoms with Crippen LogP contribution in [0, 0.1) is 5.92 Å². The number of pyridine rings is 1. The van der Waals surface area contributed by atoms with Crippen molar-refractivity contribution in [2.45, 2.75) is 25.3 Å². The number of nitrogens with one attached hydrogen (secondary N) is 1. The zero-order chi connectivity index (χ0) is 21.2. The summed E-state index contributed by atoms with van der Waals surface area (Å²) in [7, 11) is -7.93. The average molecular weight is 440 g/mol. The molecule has 11 heteroatoms. The molecule has 29 heavy (non-hydrogen) atoms. The molecule has 1 aromatic heterocycles. The van der Waals surface area contributed by atoms with Crippen molar-refractivity contribution in [3.8, 4) is 5.75 Å². The highest BCUT2D eigenvalue weighted by Crippen LogP contribution is 2.34. The standard InChI is InChI=1S/C18H21N3O6S2/c1-3-27-16-7-6-15(21-18(22)13(2)12-28(21,23)24)9-17(16)29(25,26)20-11-14-5-4-8-19-10-14/h4-10,13,20H,3,11-12H2,1-2H3/t13-/m0/s1. The van der Waals surface area contributed by atoms with Crippen LogP contribution in [0.4, 0.5) is 5.69 Å². The van der Waals surface area contributed by atoms with Gasteiger partial charge in [0.05, 0.1) is 24.0 Å². The maximum atomic E-state index is 12.9. The van der Waals surface area contributed by atoms with E-state index in [1.165, 1.54) is 25.3 Å². The summed E-state index contributed by atoms with van der Waals surface area (Å²) in [5.41, 5.74) is 0.612. The molecule has 0 radical (unpaired) electrons. The van der Waals surface area contributed by atoms with Crippen LogP contribution in [0.2, 0.25) is 0 Å². The molecule has 9 nitrogen and oxygen atoms in total. The number of amides is 1. The number of rotatable bonds is 7. The molecule has 1 saturated heterocycles. The van der Waals surface area contributed by atoms with Gasteiger partial charge in [-0.2, -0.15) is 0 Å². The van der Waals surface area contributed by atoms with Crippen molar-refractivity contribution < 1.29 is 26.4 Å². The van der Waals surface area contributed by atoms with Crippen LogP contribution in [0.25, 0.3) is 0 Å². The second kappa shape index (κ2) is 8.09. The van der Waals surface area contributed by atoms with Crippen LogP contribution in [-0.4, -0.2) is 40.1 Å². The number of carbonyl (C=O) groups excluding carboxylic acids is 1. The highest BCUT2D eigenvalue weighted by atomic mass is 32.2. The van der Waals surface area contributed by atoms with Crippen LogP contribution in [0.3, 0.4) is 0 Å². The predicted octanol–water partition coefficient (Wildman–Crippen LogP) is 1.27. The van der Waals surface area contributed by atoms with Gasteiger partial charge in [-0.3, -0.25) is 9.78 Å². The fourth-order valence-electron chi connectivity index (χ4n) is 2.95. The minimum atomic E-state index is -4.07. The first-order chi connectivity index (χ1) is 13.7. The van der Waals surface area contributed by atoms with Crippen molar-refractivity contribution in [2.24, 2.45) is 5.92 Å². The molecule has 1 aromatic carbocycles. The fourth-order valence-corrected chi connectivity index (χ4v) is 5.95. The van der Waals surface area contributed by atoms with Gasteiger partial charge in [0.2, 0.25) is 26.0 Å². The van der Waals surface area contributed by atoms with Crippen molar-refractivity contribution in [3.63, 3.8) is 0 Å². The van der Waals surface area contributed by atoms with E-state index in [1.54, 1.807) is 25.3 Å². The van der Waals surface area contributed by atoms with Gasteiger partial charge < -0.3 is 4.74 Å². The third-order valence-corrected chi connectivity index (χ3v) is 7.59. The first-order valence-corrected chi connectivity index (χ1v) is 12.0. The molecule has 156 valence electrons. The number of hydrogen-bond acceptors (Lipinski definition) is 7. The molecule has 2 heterocycles. The van der Waals surface area contributed by atoms with E-state index in [1.807, 2.05) is 0 Å². The monoisotopic (exact) mass is 439 g/mol. The van der Waals surface area contributed by atoms with E-state index in [2.05, 4.69) is 9.71 Å². The van der Waals surface area contributed by atoms with E-state index >= 15 is 0 Å². The van der Waals surface area contributed by atoms with Crippen LogP contribution in [0.5, 0.6) is 5.75 Å². The first-order valence-electron chi connectivity index (χ1n) is 8.88. The number of carbonyl (C=O) groups is 1. The second-order valence-electron chi connectivity index (χ2n) is 6.53. The Morgan fingerprint density at radius 1 is 1.31 bits per heavy atom. The molecule has 1 aliphatic heterocycles. The highest BCUT2D eigenvalue weighted by molar-refractivity contribution is 7.94. The molecule has 3 rings (SSSR count). The van der Waals surface area contributed by atoms with Crippen molar-refractivity contribution >= 4 is 31.6 Å². The Kier molecular flexibility index (Phi) is 5.92. The van der Waals surface area contributed by atoms with Gasteiger partial charge in [0.15, 0.2) is 0 Å². The molecule has 0 unspecified atom stereocenters. The van der Waals surface area contributed by atoms with Crippen molar-refractivity contribution in [1.29, 1.82) is 0 Å². The van der Waals surface area contributed by atoms with E-state index in [-0.39, 0.29) is 35.2 Å². The molecule has 2 aromatic rings. The molecular formula is C18H21N3O6S2. The predicted molar refractivity (Wildman–Crippen MR) is 106 cm³/mol. The van der Waals surface area contributed by atoms with Gasteiger partial charge in [-0.25, -0.2) is 25.9 Å². The zero-order valence-electron chi connectivity index (χ0n) is 15.9. The van der Waals surface area contributed by atoms with Crippen LogP contribution in [0.1, 0.15) is 19.4 Å². The summed E-state index contributed by atoms with van der Waals surface area (Å²) in [6.45, 7) is 3.41. The molecule has 1 aliphatic rings. The topological polar surface area (TPSA) is 123 Å². The lowest BCUT2D eigenvalue weighted by molar-refractivity contribution is -0.119. The van der Waals surface area contributed by atoms with E-state index in [9.17, 15) is 21.6 Å². The molecule has 0 bridgehead atoms. The van der Waals surface area contributed by atoms with E-state index in [0.29, 0.717) is 9.87 Å². The first kappa shape index (κ1) is 21.2. The number of ether oxygens (including phenoxy) is 1. The minimum Gasteiger partial charge on any atom is -0.492 e. The molecular weight excluding hydrogens is 418 g/mol. The van der Waals surface area contributed by atoms with Crippen molar-refractivity contribution in [1.82, 2.24) is 9.71 Å². The largest absolute Gasteiger partial charge is 0.492 e. The molecule has 0 aliphatic carbocycles. The Bertz CT molecular complexity index is 1120. The normalized spacial score (nSPS) is 18.8. The Morgan fingerprint density at radius 2 is 2.07 bits per heavy atom. The fraction of sp³-hybridized carbons (Fsp3) is 0.333. The molecule has 1 amide bonds. The number of sulfonamides is 2. The van der Waals surface area contributed by atoms with E-state index in [4.69, 9.17) is 4.74 Å². The summed E-state index contributed by atoms with van der Waals surface area (Å²) in [5, 5.41) is 0. The van der Waals surface area contributed by atoms with E-state index in [0.717, 1.165) is 6.07 Å². The number of hydrogen-bond donors (Lipinski definition) is 1. The van der Waals surface area contributed by atoms with Crippen LogP contribution >= 0.6 is 0 Å². The quantitative estimate of drug-likeness (QED) is 0.689. The number of anilines is 1. The Balaban J connectivity index is 2.00. The summed E-state index contributed by atoms with van der Waals surface area (Å²) in [6, 6.07) is 7.25. The molecule has 1 N–H and O–H groups in total. The maximum absolute atomic E-state index is 12.9. The van der Waals surface area contributed by atoms with Gasteiger partial charge in [-0.1, -0.05) is 13.0 Å². The van der Waals surface area contributed by atoms with Gasteiger partial charge >= 0.3 is 0 Å². The summed E-state index contributed by atoms with van der Waals surface area (Å²) in [5.74, 6) is -1.55. The Morgan fingerprint density at radius 3 is 2.66 bits per heavy atom. The molecule has 1 fully saturated rings. The summed E-state index contributed by atoms with van der Waals surface area (Å²) in [6.07, 6.45) is 3.10. The lowest BCUT2D eigenvalue weighted by Crippen LogP contribution is -2.31. The van der Waals surface area contributed by atoms with Gasteiger partial charge in [0.1, 0.15) is 10.6 Å². The van der Waals surface area contributed by atoms with Crippen LogP contribution in [-0.2, 0) is 31.4 Å². The summed E-state index contributed by atoms with van der Waals surface area (Å²) in [4.78, 5) is 16.0. The lowest BCUT2D eigenvalue weighted by Gasteiger charge is -2.18. The van der Waals surface area contributed by atoms with Crippen LogP contribution < -0.4 is 13.8 Å². The Labute approximate surface area is 169 Å². The molecule has 1 atom stereocenters. The molecule has 0 spiro atoms. The van der Waals surface area contributed by atoms with Crippen molar-refractivity contribution in [3.05, 3.63) is 48.3 Å². The number of benzene rings is 1. The van der Waals surface area contributed by atoms with Gasteiger partial charge in [-0.15, -0.1) is 0 Å². The zero-order valence-corrected chi connectivity index (χ0v) is 17.5. The maximum Gasteiger partial charge on any atom is 0.244 e.